The summed E-state index contributed by atoms with van der Waals surface area (Å²) in [6, 6.07) is 6.11. The molecule has 1 aromatic rings. The zero-order valence-electron chi connectivity index (χ0n) is 9.37. The molecule has 0 amide bonds. The number of nitro groups is 1. The van der Waals surface area contributed by atoms with Gasteiger partial charge in [0.1, 0.15) is 0 Å². The van der Waals surface area contributed by atoms with Crippen LogP contribution in [0.25, 0.3) is 0 Å². The first-order valence-electron chi connectivity index (χ1n) is 5.34. The van der Waals surface area contributed by atoms with Crippen molar-refractivity contribution in [2.45, 2.75) is 12.8 Å². The second-order valence-corrected chi connectivity index (χ2v) is 3.41. The van der Waals surface area contributed by atoms with Crippen molar-refractivity contribution < 1.29 is 10.0 Å². The van der Waals surface area contributed by atoms with Gasteiger partial charge >= 0.3 is 0 Å². The van der Waals surface area contributed by atoms with Crippen molar-refractivity contribution in [1.29, 1.82) is 0 Å². The van der Waals surface area contributed by atoms with Gasteiger partial charge in [0, 0.05) is 31.0 Å². The number of rotatable bonds is 7. The molecule has 0 saturated carbocycles. The topological polar surface area (TPSA) is 87.8 Å². The van der Waals surface area contributed by atoms with Gasteiger partial charge in [-0.2, -0.15) is 0 Å². The van der Waals surface area contributed by atoms with E-state index in [9.17, 15) is 10.1 Å². The molecule has 0 aliphatic carbocycles. The number of aliphatic hydroxyl groups excluding tert-OH is 1. The van der Waals surface area contributed by atoms with Gasteiger partial charge in [-0.1, -0.05) is 0 Å². The van der Waals surface area contributed by atoms with Gasteiger partial charge < -0.3 is 10.4 Å². The Morgan fingerprint density at radius 1 is 1.35 bits per heavy atom. The average Bonchev–Trinajstić information content (AvgIpc) is 2.34. The van der Waals surface area contributed by atoms with Gasteiger partial charge in [-0.15, -0.1) is 0 Å². The van der Waals surface area contributed by atoms with Crippen molar-refractivity contribution in [3.05, 3.63) is 34.4 Å². The van der Waals surface area contributed by atoms with Crippen LogP contribution >= 0.6 is 0 Å². The summed E-state index contributed by atoms with van der Waals surface area (Å²) < 4.78 is 0. The van der Waals surface area contributed by atoms with E-state index in [4.69, 9.17) is 5.11 Å². The molecule has 1 aromatic carbocycles. The third-order valence-corrected chi connectivity index (χ3v) is 2.10. The molecule has 2 N–H and O–H groups in total. The van der Waals surface area contributed by atoms with Crippen LogP contribution in [0.2, 0.25) is 0 Å². The minimum atomic E-state index is -0.438. The van der Waals surface area contributed by atoms with E-state index >= 15 is 0 Å². The Morgan fingerprint density at radius 2 is 2.06 bits per heavy atom. The third kappa shape index (κ3) is 5.07. The zero-order chi connectivity index (χ0) is 12.5. The second kappa shape index (κ2) is 7.34. The first-order valence-corrected chi connectivity index (χ1v) is 5.34. The molecule has 92 valence electrons. The quantitative estimate of drug-likeness (QED) is 0.249. The van der Waals surface area contributed by atoms with Crippen molar-refractivity contribution in [2.75, 3.05) is 18.5 Å². The van der Waals surface area contributed by atoms with Gasteiger partial charge in [-0.25, -0.2) is 0 Å². The number of nitrogens with one attached hydrogen (secondary N) is 1. The first-order chi connectivity index (χ1) is 8.24. The fraction of sp³-hybridized carbons (Fsp3) is 0.364. The van der Waals surface area contributed by atoms with Gasteiger partial charge in [0.15, 0.2) is 0 Å². The number of hydrogen-bond donors (Lipinski definition) is 2. The molecule has 6 heteroatoms. The minimum absolute atomic E-state index is 0.0652. The summed E-state index contributed by atoms with van der Waals surface area (Å²) in [6.45, 7) is 0.839. The van der Waals surface area contributed by atoms with Gasteiger partial charge in [0.2, 0.25) is 0 Å². The summed E-state index contributed by atoms with van der Waals surface area (Å²) in [7, 11) is 0. The Kier molecular flexibility index (Phi) is 5.67. The lowest BCUT2D eigenvalue weighted by Crippen LogP contribution is -1.96. The summed E-state index contributed by atoms with van der Waals surface area (Å²) in [5, 5.41) is 21.9. The fourth-order valence-corrected chi connectivity index (χ4v) is 1.18. The molecule has 6 nitrogen and oxygen atoms in total. The van der Waals surface area contributed by atoms with E-state index in [1.165, 1.54) is 12.1 Å². The largest absolute Gasteiger partial charge is 0.396 e. The predicted molar refractivity (Wildman–Crippen MR) is 66.4 cm³/mol. The minimum Gasteiger partial charge on any atom is -0.396 e. The summed E-state index contributed by atoms with van der Waals surface area (Å²) in [4.78, 5) is 14.1. The molecule has 0 bridgehead atoms. The van der Waals surface area contributed by atoms with Gasteiger partial charge in [-0.05, 0) is 25.0 Å². The smallest absolute Gasteiger partial charge is 0.269 e. The number of non-ortho nitro benzene ring substituents is 1. The van der Waals surface area contributed by atoms with E-state index in [0.29, 0.717) is 6.54 Å². The number of nitro benzene ring substituents is 1. The van der Waals surface area contributed by atoms with E-state index in [0.717, 1.165) is 18.5 Å². The van der Waals surface area contributed by atoms with Crippen molar-refractivity contribution in [2.24, 2.45) is 4.99 Å². The molecule has 0 heterocycles. The number of unbranched alkanes of at least 4 members (excludes halogenated alkanes) is 1. The van der Waals surface area contributed by atoms with Gasteiger partial charge in [-0.3, -0.25) is 15.1 Å². The number of benzene rings is 1. The van der Waals surface area contributed by atoms with Crippen LogP contribution in [0.1, 0.15) is 12.8 Å². The molecule has 0 unspecified atom stereocenters. The molecular weight excluding hydrogens is 222 g/mol. The van der Waals surface area contributed by atoms with Crippen molar-refractivity contribution in [3.63, 3.8) is 0 Å². The maximum absolute atomic E-state index is 10.4. The molecule has 0 spiro atoms. The SMILES string of the molecule is O=[N+]([O-])c1ccc(NC=NCCCCO)cc1. The van der Waals surface area contributed by atoms with Crippen molar-refractivity contribution in [3.8, 4) is 0 Å². The molecule has 17 heavy (non-hydrogen) atoms. The molecule has 0 aliphatic heterocycles. The maximum atomic E-state index is 10.4. The third-order valence-electron chi connectivity index (χ3n) is 2.10. The highest BCUT2D eigenvalue weighted by Crippen LogP contribution is 2.14. The zero-order valence-corrected chi connectivity index (χ0v) is 9.37. The Morgan fingerprint density at radius 3 is 2.65 bits per heavy atom. The molecule has 0 fully saturated rings. The lowest BCUT2D eigenvalue weighted by Gasteiger charge is -1.99. The lowest BCUT2D eigenvalue weighted by molar-refractivity contribution is -0.384. The summed E-state index contributed by atoms with van der Waals surface area (Å²) in [6.07, 6.45) is 3.14. The molecule has 0 aromatic heterocycles. The second-order valence-electron chi connectivity index (χ2n) is 3.41. The standard InChI is InChI=1S/C11H15N3O3/c15-8-2-1-7-12-9-13-10-3-5-11(6-4-10)14(16)17/h3-6,9,15H,1-2,7-8H2,(H,12,13). The first kappa shape index (κ1) is 13.1. The van der Waals surface area contributed by atoms with E-state index < -0.39 is 4.92 Å². The van der Waals surface area contributed by atoms with E-state index in [-0.39, 0.29) is 12.3 Å². The highest BCUT2D eigenvalue weighted by molar-refractivity contribution is 5.75. The number of anilines is 1. The number of aliphatic hydroxyl groups is 1. The molecule has 1 rings (SSSR count). The fourth-order valence-electron chi connectivity index (χ4n) is 1.18. The van der Waals surface area contributed by atoms with Gasteiger partial charge in [0.05, 0.1) is 11.3 Å². The van der Waals surface area contributed by atoms with Crippen LogP contribution < -0.4 is 5.32 Å². The monoisotopic (exact) mass is 237 g/mol. The normalized spacial score (nSPS) is 10.6. The molecular formula is C11H15N3O3. The summed E-state index contributed by atoms with van der Waals surface area (Å²) in [5.74, 6) is 0. The molecule has 0 aliphatic rings. The Balaban J connectivity index is 2.34. The van der Waals surface area contributed by atoms with Crippen LogP contribution in [0.5, 0.6) is 0 Å². The lowest BCUT2D eigenvalue weighted by atomic mass is 10.3. The number of aliphatic imine (C=N–C) groups is 1. The van der Waals surface area contributed by atoms with Crippen LogP contribution in [-0.4, -0.2) is 29.5 Å². The van der Waals surface area contributed by atoms with E-state index in [2.05, 4.69) is 10.3 Å². The predicted octanol–water partition coefficient (Wildman–Crippen LogP) is 1.81. The Labute approximate surface area is 99.1 Å². The van der Waals surface area contributed by atoms with Crippen molar-refractivity contribution in [1.82, 2.24) is 0 Å². The van der Waals surface area contributed by atoms with E-state index in [1.807, 2.05) is 0 Å². The van der Waals surface area contributed by atoms with Crippen LogP contribution in [0, 0.1) is 10.1 Å². The Hall–Kier alpha value is -1.95. The van der Waals surface area contributed by atoms with Crippen LogP contribution in [-0.2, 0) is 0 Å². The van der Waals surface area contributed by atoms with Crippen LogP contribution in [0.15, 0.2) is 29.3 Å². The van der Waals surface area contributed by atoms with E-state index in [1.54, 1.807) is 18.5 Å². The Bertz CT molecular complexity index is 376. The van der Waals surface area contributed by atoms with Crippen LogP contribution in [0.3, 0.4) is 0 Å². The summed E-state index contributed by atoms with van der Waals surface area (Å²) in [5.41, 5.74) is 0.817. The maximum Gasteiger partial charge on any atom is 0.269 e. The molecule has 0 radical (unpaired) electrons. The molecule has 0 atom stereocenters. The number of hydrogen-bond acceptors (Lipinski definition) is 4. The highest BCUT2D eigenvalue weighted by atomic mass is 16.6. The summed E-state index contributed by atoms with van der Waals surface area (Å²) >= 11 is 0. The highest BCUT2D eigenvalue weighted by Gasteiger charge is 2.02. The molecule has 0 saturated heterocycles. The number of nitrogens with zero attached hydrogens (tertiary/aromatic N) is 2. The average molecular weight is 237 g/mol. The van der Waals surface area contributed by atoms with Crippen molar-refractivity contribution >= 4 is 17.7 Å². The van der Waals surface area contributed by atoms with Crippen LogP contribution in [0.4, 0.5) is 11.4 Å². The van der Waals surface area contributed by atoms with Gasteiger partial charge in [0.25, 0.3) is 5.69 Å².